The zero-order valence-electron chi connectivity index (χ0n) is 9.23. The number of hydrogen-bond donors (Lipinski definition) is 2. The van der Waals surface area contributed by atoms with Crippen LogP contribution < -0.4 is 11.1 Å². The molecule has 16 heavy (non-hydrogen) atoms. The minimum absolute atomic E-state index is 0.0543. The van der Waals surface area contributed by atoms with Crippen LogP contribution in [0.2, 0.25) is 0 Å². The lowest BCUT2D eigenvalue weighted by atomic mass is 10.1. The van der Waals surface area contributed by atoms with Gasteiger partial charge in [0.1, 0.15) is 0 Å². The van der Waals surface area contributed by atoms with E-state index < -0.39 is 0 Å². The average Bonchev–Trinajstić information content (AvgIpc) is 2.30. The van der Waals surface area contributed by atoms with Gasteiger partial charge in [0, 0.05) is 24.8 Å². The molecule has 1 aliphatic heterocycles. The van der Waals surface area contributed by atoms with Gasteiger partial charge in [-0.2, -0.15) is 0 Å². The van der Waals surface area contributed by atoms with E-state index in [0.29, 0.717) is 6.54 Å². The second-order valence-corrected chi connectivity index (χ2v) is 4.14. The minimum atomic E-state index is -0.0543. The molecule has 3 N–H and O–H groups in total. The van der Waals surface area contributed by atoms with Crippen molar-refractivity contribution in [3.05, 3.63) is 30.3 Å². The Morgan fingerprint density at radius 2 is 2.12 bits per heavy atom. The zero-order chi connectivity index (χ0) is 11.4. The molecule has 86 valence electrons. The summed E-state index contributed by atoms with van der Waals surface area (Å²) in [6.45, 7) is 1.45. The number of para-hydroxylation sites is 1. The van der Waals surface area contributed by atoms with Gasteiger partial charge in [-0.15, -0.1) is 0 Å². The second-order valence-electron chi connectivity index (χ2n) is 4.14. The number of nitrogens with zero attached hydrogens (tertiary/aromatic N) is 1. The zero-order valence-corrected chi connectivity index (χ0v) is 9.23. The van der Waals surface area contributed by atoms with Crippen LogP contribution in [0.3, 0.4) is 0 Å². The molecule has 4 heteroatoms. The fourth-order valence-electron chi connectivity index (χ4n) is 1.92. The summed E-state index contributed by atoms with van der Waals surface area (Å²) in [5, 5.41) is 2.86. The van der Waals surface area contributed by atoms with E-state index in [9.17, 15) is 4.79 Å². The molecule has 0 saturated carbocycles. The summed E-state index contributed by atoms with van der Waals surface area (Å²) in [5.41, 5.74) is 6.66. The van der Waals surface area contributed by atoms with Crippen LogP contribution in [-0.2, 0) is 0 Å². The molecule has 4 nitrogen and oxygen atoms in total. The fraction of sp³-hybridized carbons (Fsp3) is 0.417. The number of anilines is 1. The Balaban J connectivity index is 1.93. The van der Waals surface area contributed by atoms with Gasteiger partial charge < -0.3 is 16.0 Å². The number of carbonyl (C=O) groups excluding carboxylic acids is 1. The predicted octanol–water partition coefficient (Wildman–Crippen LogP) is 1.64. The lowest BCUT2D eigenvalue weighted by molar-refractivity contribution is 0.193. The molecule has 0 bridgehead atoms. The Morgan fingerprint density at radius 3 is 2.81 bits per heavy atom. The molecule has 1 saturated heterocycles. The highest BCUT2D eigenvalue weighted by molar-refractivity contribution is 5.89. The third-order valence-corrected chi connectivity index (χ3v) is 2.77. The Bertz CT molecular complexity index is 353. The summed E-state index contributed by atoms with van der Waals surface area (Å²) in [4.78, 5) is 13.7. The molecule has 1 heterocycles. The molecule has 0 aliphatic carbocycles. The molecule has 0 radical (unpaired) electrons. The predicted molar refractivity (Wildman–Crippen MR) is 64.2 cm³/mol. The first-order chi connectivity index (χ1) is 7.75. The molecule has 1 atom stereocenters. The van der Waals surface area contributed by atoms with Crippen molar-refractivity contribution >= 4 is 11.7 Å². The summed E-state index contributed by atoms with van der Waals surface area (Å²) < 4.78 is 0. The lowest BCUT2D eigenvalue weighted by Crippen LogP contribution is -2.47. The maximum atomic E-state index is 11.9. The standard InChI is InChI=1S/C12H17N3O/c13-10-5-4-8-15(9-10)12(16)14-11-6-2-1-3-7-11/h1-3,6-7,10H,4-5,8-9,13H2,(H,14,16)/t10-/m1/s1. The van der Waals surface area contributed by atoms with E-state index in [1.165, 1.54) is 0 Å². The maximum absolute atomic E-state index is 11.9. The van der Waals surface area contributed by atoms with Crippen molar-refractivity contribution in [2.75, 3.05) is 18.4 Å². The number of hydrogen-bond acceptors (Lipinski definition) is 2. The SMILES string of the molecule is N[C@@H]1CCCN(C(=O)Nc2ccccc2)C1. The Labute approximate surface area is 95.4 Å². The van der Waals surface area contributed by atoms with Crippen molar-refractivity contribution in [1.82, 2.24) is 4.90 Å². The van der Waals surface area contributed by atoms with Crippen LogP contribution >= 0.6 is 0 Å². The largest absolute Gasteiger partial charge is 0.326 e. The van der Waals surface area contributed by atoms with Crippen molar-refractivity contribution in [2.24, 2.45) is 5.73 Å². The van der Waals surface area contributed by atoms with Crippen molar-refractivity contribution in [3.8, 4) is 0 Å². The van der Waals surface area contributed by atoms with Crippen LogP contribution in [0.4, 0.5) is 10.5 Å². The molecule has 0 aromatic heterocycles. The first kappa shape index (κ1) is 11.0. The number of nitrogens with two attached hydrogens (primary N) is 1. The maximum Gasteiger partial charge on any atom is 0.321 e. The van der Waals surface area contributed by atoms with Crippen molar-refractivity contribution in [1.29, 1.82) is 0 Å². The van der Waals surface area contributed by atoms with Crippen molar-refractivity contribution < 1.29 is 4.79 Å². The van der Waals surface area contributed by atoms with Gasteiger partial charge in [-0.25, -0.2) is 4.79 Å². The number of rotatable bonds is 1. The van der Waals surface area contributed by atoms with Gasteiger partial charge in [-0.05, 0) is 25.0 Å². The molecular weight excluding hydrogens is 202 g/mol. The topological polar surface area (TPSA) is 58.4 Å². The summed E-state index contributed by atoms with van der Waals surface area (Å²) >= 11 is 0. The highest BCUT2D eigenvalue weighted by Gasteiger charge is 2.20. The smallest absolute Gasteiger partial charge is 0.321 e. The summed E-state index contributed by atoms with van der Waals surface area (Å²) in [5.74, 6) is 0. The molecule has 2 amide bonds. The van der Waals surface area contributed by atoms with Crippen LogP contribution in [0.5, 0.6) is 0 Å². The minimum Gasteiger partial charge on any atom is -0.326 e. The quantitative estimate of drug-likeness (QED) is 0.754. The van der Waals surface area contributed by atoms with E-state index in [1.807, 2.05) is 30.3 Å². The lowest BCUT2D eigenvalue weighted by Gasteiger charge is -2.30. The van der Waals surface area contributed by atoms with Crippen LogP contribution in [0, 0.1) is 0 Å². The molecule has 1 aromatic carbocycles. The number of piperidine rings is 1. The number of amides is 2. The number of urea groups is 1. The van der Waals surface area contributed by atoms with E-state index in [-0.39, 0.29) is 12.1 Å². The monoisotopic (exact) mass is 219 g/mol. The van der Waals surface area contributed by atoms with Gasteiger partial charge in [-0.1, -0.05) is 18.2 Å². The van der Waals surface area contributed by atoms with Crippen LogP contribution in [0.15, 0.2) is 30.3 Å². The van der Waals surface area contributed by atoms with E-state index >= 15 is 0 Å². The number of benzene rings is 1. The number of nitrogens with one attached hydrogen (secondary N) is 1. The molecule has 0 unspecified atom stereocenters. The second kappa shape index (κ2) is 4.99. The summed E-state index contributed by atoms with van der Waals surface area (Å²) in [6.07, 6.45) is 2.00. The van der Waals surface area contributed by atoms with E-state index in [4.69, 9.17) is 5.73 Å². The normalized spacial score (nSPS) is 20.6. The number of likely N-dealkylation sites (tertiary alicyclic amines) is 1. The molecule has 2 rings (SSSR count). The molecule has 1 aliphatic rings. The third-order valence-electron chi connectivity index (χ3n) is 2.77. The van der Waals surface area contributed by atoms with Gasteiger partial charge in [0.25, 0.3) is 0 Å². The van der Waals surface area contributed by atoms with Gasteiger partial charge in [0.2, 0.25) is 0 Å². The van der Waals surface area contributed by atoms with E-state index in [2.05, 4.69) is 5.32 Å². The van der Waals surface area contributed by atoms with Crippen LogP contribution in [0.25, 0.3) is 0 Å². The highest BCUT2D eigenvalue weighted by Crippen LogP contribution is 2.11. The molecular formula is C12H17N3O. The summed E-state index contributed by atoms with van der Waals surface area (Å²) in [7, 11) is 0. The van der Waals surface area contributed by atoms with Gasteiger partial charge in [0.05, 0.1) is 0 Å². The average molecular weight is 219 g/mol. The van der Waals surface area contributed by atoms with Crippen molar-refractivity contribution in [3.63, 3.8) is 0 Å². The Hall–Kier alpha value is -1.55. The van der Waals surface area contributed by atoms with Gasteiger partial charge in [0.15, 0.2) is 0 Å². The van der Waals surface area contributed by atoms with E-state index in [1.54, 1.807) is 4.90 Å². The Kier molecular flexibility index (Phi) is 3.41. The van der Waals surface area contributed by atoms with Crippen LogP contribution in [0.1, 0.15) is 12.8 Å². The highest BCUT2D eigenvalue weighted by atomic mass is 16.2. The van der Waals surface area contributed by atoms with Gasteiger partial charge >= 0.3 is 6.03 Å². The first-order valence-corrected chi connectivity index (χ1v) is 5.62. The molecule has 0 spiro atoms. The van der Waals surface area contributed by atoms with Crippen LogP contribution in [-0.4, -0.2) is 30.1 Å². The fourth-order valence-corrected chi connectivity index (χ4v) is 1.92. The number of carbonyl (C=O) groups is 1. The summed E-state index contributed by atoms with van der Waals surface area (Å²) in [6, 6.07) is 9.54. The first-order valence-electron chi connectivity index (χ1n) is 5.62. The Morgan fingerprint density at radius 1 is 1.38 bits per heavy atom. The van der Waals surface area contributed by atoms with Crippen molar-refractivity contribution in [2.45, 2.75) is 18.9 Å². The van der Waals surface area contributed by atoms with E-state index in [0.717, 1.165) is 25.1 Å². The third kappa shape index (κ3) is 2.73. The van der Waals surface area contributed by atoms with Gasteiger partial charge in [-0.3, -0.25) is 0 Å². The molecule has 1 fully saturated rings. The molecule has 1 aromatic rings.